The summed E-state index contributed by atoms with van der Waals surface area (Å²) in [4.78, 5) is 24.5. The van der Waals surface area contributed by atoms with Gasteiger partial charge in [0.1, 0.15) is 12.4 Å². The molecule has 3 aromatic rings. The average molecular weight is 393 g/mol. The Morgan fingerprint density at radius 3 is 2.38 bits per heavy atom. The lowest BCUT2D eigenvalue weighted by atomic mass is 9.87. The number of nitrogens with zero attached hydrogens (tertiary/aromatic N) is 2. The van der Waals surface area contributed by atoms with E-state index in [1.54, 1.807) is 19.2 Å². The number of amides is 1. The molecule has 6 heteroatoms. The molecule has 1 N–H and O–H groups in total. The standard InChI is InChI=1S/C23H27N3O3/c1-23(2,3)16-9-11-17(12-10-16)29-14-13-24-21(27)15-20-18-7-5-6-8-19(18)22(28)26(4)25-20/h5-12H,13-15H2,1-4H3,(H,24,27). The van der Waals surface area contributed by atoms with Crippen LogP contribution in [0.2, 0.25) is 0 Å². The Bertz CT molecular complexity index is 1060. The largest absolute Gasteiger partial charge is 0.492 e. The Morgan fingerprint density at radius 2 is 1.72 bits per heavy atom. The number of benzene rings is 2. The van der Waals surface area contributed by atoms with Crippen LogP contribution >= 0.6 is 0 Å². The zero-order valence-corrected chi connectivity index (χ0v) is 17.4. The van der Waals surface area contributed by atoms with Gasteiger partial charge in [-0.05, 0) is 29.2 Å². The first-order valence-electron chi connectivity index (χ1n) is 9.70. The van der Waals surface area contributed by atoms with Gasteiger partial charge in [-0.3, -0.25) is 9.59 Å². The molecule has 0 aliphatic heterocycles. The van der Waals surface area contributed by atoms with Crippen LogP contribution in [0.4, 0.5) is 0 Å². The summed E-state index contributed by atoms with van der Waals surface area (Å²) in [6.45, 7) is 7.27. The summed E-state index contributed by atoms with van der Waals surface area (Å²) in [7, 11) is 1.59. The van der Waals surface area contributed by atoms with Crippen LogP contribution in [0.3, 0.4) is 0 Å². The smallest absolute Gasteiger partial charge is 0.274 e. The van der Waals surface area contributed by atoms with Crippen molar-refractivity contribution < 1.29 is 9.53 Å². The van der Waals surface area contributed by atoms with E-state index in [1.807, 2.05) is 24.3 Å². The number of hydrogen-bond acceptors (Lipinski definition) is 4. The van der Waals surface area contributed by atoms with Crippen molar-refractivity contribution in [1.29, 1.82) is 0 Å². The minimum Gasteiger partial charge on any atom is -0.492 e. The Hall–Kier alpha value is -3.15. The van der Waals surface area contributed by atoms with Crippen LogP contribution in [0.25, 0.3) is 10.8 Å². The number of aryl methyl sites for hydroxylation is 1. The second-order valence-corrected chi connectivity index (χ2v) is 8.07. The van der Waals surface area contributed by atoms with Crippen LogP contribution in [0.5, 0.6) is 5.75 Å². The van der Waals surface area contributed by atoms with Gasteiger partial charge in [0.25, 0.3) is 5.56 Å². The minimum atomic E-state index is -0.171. The molecule has 1 aromatic heterocycles. The van der Waals surface area contributed by atoms with Gasteiger partial charge in [0.05, 0.1) is 24.0 Å². The highest BCUT2D eigenvalue weighted by molar-refractivity contribution is 5.88. The van der Waals surface area contributed by atoms with E-state index in [9.17, 15) is 9.59 Å². The number of carbonyl (C=O) groups is 1. The highest BCUT2D eigenvalue weighted by Crippen LogP contribution is 2.24. The van der Waals surface area contributed by atoms with E-state index in [1.165, 1.54) is 10.2 Å². The van der Waals surface area contributed by atoms with Crippen molar-refractivity contribution in [3.63, 3.8) is 0 Å². The maximum atomic E-state index is 12.3. The van der Waals surface area contributed by atoms with Crippen molar-refractivity contribution in [1.82, 2.24) is 15.1 Å². The van der Waals surface area contributed by atoms with E-state index < -0.39 is 0 Å². The van der Waals surface area contributed by atoms with E-state index >= 15 is 0 Å². The molecular weight excluding hydrogens is 366 g/mol. The maximum absolute atomic E-state index is 12.3. The van der Waals surface area contributed by atoms with E-state index in [0.717, 1.165) is 5.75 Å². The fourth-order valence-electron chi connectivity index (χ4n) is 3.13. The molecule has 0 unspecified atom stereocenters. The van der Waals surface area contributed by atoms with Crippen LogP contribution < -0.4 is 15.6 Å². The molecule has 0 saturated heterocycles. The third-order valence-electron chi connectivity index (χ3n) is 4.77. The van der Waals surface area contributed by atoms with E-state index in [4.69, 9.17) is 4.74 Å². The summed E-state index contributed by atoms with van der Waals surface area (Å²) >= 11 is 0. The first-order valence-corrected chi connectivity index (χ1v) is 9.70. The summed E-state index contributed by atoms with van der Waals surface area (Å²) in [5, 5.41) is 8.38. The summed E-state index contributed by atoms with van der Waals surface area (Å²) < 4.78 is 6.98. The third-order valence-corrected chi connectivity index (χ3v) is 4.77. The van der Waals surface area contributed by atoms with Crippen molar-refractivity contribution >= 4 is 16.7 Å². The molecule has 0 aliphatic rings. The zero-order valence-electron chi connectivity index (χ0n) is 17.4. The normalized spacial score (nSPS) is 11.4. The molecule has 0 saturated carbocycles. The second kappa shape index (κ2) is 8.47. The molecule has 0 fully saturated rings. The Kier molecular flexibility index (Phi) is 6.01. The zero-order chi connectivity index (χ0) is 21.0. The summed E-state index contributed by atoms with van der Waals surface area (Å²) in [5.74, 6) is 0.617. The monoisotopic (exact) mass is 393 g/mol. The molecule has 0 spiro atoms. The Balaban J connectivity index is 1.54. The van der Waals surface area contributed by atoms with Crippen LogP contribution in [-0.2, 0) is 23.7 Å². The molecule has 3 rings (SSSR count). The number of hydrogen-bond donors (Lipinski definition) is 1. The van der Waals surface area contributed by atoms with Crippen LogP contribution in [0, 0.1) is 0 Å². The van der Waals surface area contributed by atoms with Gasteiger partial charge in [0.2, 0.25) is 5.91 Å². The lowest BCUT2D eigenvalue weighted by Crippen LogP contribution is -2.31. The van der Waals surface area contributed by atoms with Crippen LogP contribution in [-0.4, -0.2) is 28.8 Å². The number of nitrogens with one attached hydrogen (secondary N) is 1. The predicted octanol–water partition coefficient (Wildman–Crippen LogP) is 2.97. The molecule has 29 heavy (non-hydrogen) atoms. The van der Waals surface area contributed by atoms with Gasteiger partial charge in [0.15, 0.2) is 0 Å². The summed E-state index contributed by atoms with van der Waals surface area (Å²) in [6, 6.07) is 15.2. The third kappa shape index (κ3) is 5.02. The van der Waals surface area contributed by atoms with Crippen molar-refractivity contribution in [2.24, 2.45) is 7.05 Å². The highest BCUT2D eigenvalue weighted by atomic mass is 16.5. The number of rotatable bonds is 6. The van der Waals surface area contributed by atoms with E-state index in [2.05, 4.69) is 43.3 Å². The average Bonchev–Trinajstić information content (AvgIpc) is 2.69. The Labute approximate surface area is 170 Å². The number of fused-ring (bicyclic) bond motifs is 1. The predicted molar refractivity (Wildman–Crippen MR) is 114 cm³/mol. The number of ether oxygens (including phenoxy) is 1. The van der Waals surface area contributed by atoms with Crippen LogP contribution in [0.1, 0.15) is 32.0 Å². The first-order chi connectivity index (χ1) is 13.8. The van der Waals surface area contributed by atoms with Gasteiger partial charge in [0, 0.05) is 12.4 Å². The SMILES string of the molecule is Cn1nc(CC(=O)NCCOc2ccc(C(C)(C)C)cc2)c2ccccc2c1=O. The molecule has 0 bridgehead atoms. The molecule has 152 valence electrons. The van der Waals surface area contributed by atoms with Crippen molar-refractivity contribution in [2.45, 2.75) is 32.6 Å². The van der Waals surface area contributed by atoms with E-state index in [-0.39, 0.29) is 23.3 Å². The van der Waals surface area contributed by atoms with Crippen molar-refractivity contribution in [2.75, 3.05) is 13.2 Å². The minimum absolute atomic E-state index is 0.103. The fourth-order valence-corrected chi connectivity index (χ4v) is 3.13. The van der Waals surface area contributed by atoms with E-state index in [0.29, 0.717) is 29.6 Å². The topological polar surface area (TPSA) is 73.2 Å². The number of aromatic nitrogens is 2. The van der Waals surface area contributed by atoms with Gasteiger partial charge in [-0.2, -0.15) is 5.10 Å². The number of carbonyl (C=O) groups excluding carboxylic acids is 1. The molecule has 1 heterocycles. The van der Waals surface area contributed by atoms with Crippen LogP contribution in [0.15, 0.2) is 53.3 Å². The van der Waals surface area contributed by atoms with Gasteiger partial charge in [-0.25, -0.2) is 4.68 Å². The molecule has 0 atom stereocenters. The van der Waals surface area contributed by atoms with Crippen molar-refractivity contribution in [3.05, 3.63) is 70.1 Å². The van der Waals surface area contributed by atoms with Gasteiger partial charge >= 0.3 is 0 Å². The highest BCUT2D eigenvalue weighted by Gasteiger charge is 2.13. The lowest BCUT2D eigenvalue weighted by Gasteiger charge is -2.19. The van der Waals surface area contributed by atoms with Crippen molar-refractivity contribution in [3.8, 4) is 5.75 Å². The Morgan fingerprint density at radius 1 is 1.07 bits per heavy atom. The maximum Gasteiger partial charge on any atom is 0.274 e. The molecule has 0 aliphatic carbocycles. The summed E-state index contributed by atoms with van der Waals surface area (Å²) in [6.07, 6.45) is 0.106. The molecular formula is C23H27N3O3. The fraction of sp³-hybridized carbons (Fsp3) is 0.348. The molecule has 6 nitrogen and oxygen atoms in total. The molecule has 2 aromatic carbocycles. The van der Waals surface area contributed by atoms with Gasteiger partial charge < -0.3 is 10.1 Å². The molecule has 0 radical (unpaired) electrons. The molecule has 1 amide bonds. The lowest BCUT2D eigenvalue weighted by molar-refractivity contribution is -0.120. The summed E-state index contributed by atoms with van der Waals surface area (Å²) in [5.41, 5.74) is 1.76. The first kappa shape index (κ1) is 20.6. The van der Waals surface area contributed by atoms with Gasteiger partial charge in [-0.15, -0.1) is 0 Å². The second-order valence-electron chi connectivity index (χ2n) is 8.07. The van der Waals surface area contributed by atoms with Gasteiger partial charge in [-0.1, -0.05) is 51.1 Å². The quantitative estimate of drug-likeness (QED) is 0.654.